The first-order chi connectivity index (χ1) is 38.7. The molecule has 0 saturated carbocycles. The number of aryl methyl sites for hydroxylation is 1. The van der Waals surface area contributed by atoms with Crippen LogP contribution in [0, 0.1) is 6.92 Å². The maximum absolute atomic E-state index is 6.82. The largest absolute Gasteiger partial charge is 0.454 e. The van der Waals surface area contributed by atoms with Crippen LogP contribution in [0.1, 0.15) is 5.56 Å². The van der Waals surface area contributed by atoms with Crippen LogP contribution < -0.4 is 9.80 Å². The van der Waals surface area contributed by atoms with Gasteiger partial charge in [0, 0.05) is 39.2 Å². The van der Waals surface area contributed by atoms with Crippen LogP contribution in [0.2, 0.25) is 0 Å². The molecular formula is C75H50N2O. The summed E-state index contributed by atoms with van der Waals surface area (Å²) in [6.07, 6.45) is 0. The molecule has 0 bridgehead atoms. The van der Waals surface area contributed by atoms with Gasteiger partial charge in [-0.3, -0.25) is 0 Å². The summed E-state index contributed by atoms with van der Waals surface area (Å²) in [5.41, 5.74) is 24.0. The molecular weight excluding hydrogens is 945 g/mol. The smallest absolute Gasteiger partial charge is 0.159 e. The lowest BCUT2D eigenvalue weighted by molar-refractivity contribution is 0.669. The maximum atomic E-state index is 6.82. The topological polar surface area (TPSA) is 19.6 Å². The van der Waals surface area contributed by atoms with Gasteiger partial charge in [-0.05, 0) is 168 Å². The van der Waals surface area contributed by atoms with Crippen LogP contribution in [0.15, 0.2) is 290 Å². The van der Waals surface area contributed by atoms with Crippen LogP contribution in [0.3, 0.4) is 0 Å². The molecule has 1 heterocycles. The Bertz CT molecular complexity index is 4590. The Kier molecular flexibility index (Phi) is 10.8. The normalized spacial score (nSPS) is 11.7. The van der Waals surface area contributed by atoms with E-state index in [0.717, 1.165) is 61.6 Å². The van der Waals surface area contributed by atoms with Crippen LogP contribution >= 0.6 is 0 Å². The molecule has 0 unspecified atom stereocenters. The molecule has 0 aliphatic heterocycles. The van der Waals surface area contributed by atoms with Gasteiger partial charge in [0.1, 0.15) is 5.58 Å². The molecule has 0 radical (unpaired) electrons. The Morgan fingerprint density at radius 2 is 0.603 bits per heavy atom. The van der Waals surface area contributed by atoms with Crippen molar-refractivity contribution in [3.63, 3.8) is 0 Å². The molecule has 0 spiro atoms. The number of fused-ring (bicyclic) bond motifs is 9. The van der Waals surface area contributed by atoms with Crippen LogP contribution in [-0.2, 0) is 0 Å². The number of hydrogen-bond donors (Lipinski definition) is 0. The number of nitrogens with zero attached hydrogens (tertiary/aromatic N) is 2. The lowest BCUT2D eigenvalue weighted by Crippen LogP contribution is -2.13. The van der Waals surface area contributed by atoms with Crippen molar-refractivity contribution in [1.82, 2.24) is 0 Å². The van der Waals surface area contributed by atoms with Crippen molar-refractivity contribution in [2.45, 2.75) is 6.92 Å². The fraction of sp³-hybridized carbons (Fsp3) is 0.0133. The van der Waals surface area contributed by atoms with Gasteiger partial charge in [-0.15, -0.1) is 0 Å². The van der Waals surface area contributed by atoms with E-state index in [2.05, 4.69) is 296 Å². The second-order valence-corrected chi connectivity index (χ2v) is 20.3. The summed E-state index contributed by atoms with van der Waals surface area (Å²) in [6.45, 7) is 2.21. The molecule has 0 fully saturated rings. The summed E-state index contributed by atoms with van der Waals surface area (Å²) >= 11 is 0. The van der Waals surface area contributed by atoms with Crippen LogP contribution in [0.5, 0.6) is 0 Å². The number of para-hydroxylation sites is 5. The molecule has 0 atom stereocenters. The summed E-state index contributed by atoms with van der Waals surface area (Å²) < 4.78 is 6.82. The van der Waals surface area contributed by atoms with E-state index < -0.39 is 0 Å². The number of rotatable bonds is 10. The molecule has 15 rings (SSSR count). The standard InChI is InChI=1S/C75H50N2O/c1-49-25-20-22-40-64(49)76(54-34-16-6-17-35-54)56-43-45-59-62(47-56)69(52-30-12-4-13-31-52)73-71(67(59)50-26-8-2-9-27-50)72-68(51-28-10-3-11-29-51)60-46-44-57(48-63(60)70(74(72)73)53-32-14-5-15-33-53)77(55-36-18-7-19-37-55)65-41-24-39-61-58-38-21-23-42-66(58)78-75(61)65/h2-48H,1H3. The minimum Gasteiger partial charge on any atom is -0.454 e. The van der Waals surface area contributed by atoms with E-state index in [9.17, 15) is 0 Å². The van der Waals surface area contributed by atoms with E-state index in [-0.39, 0.29) is 0 Å². The first kappa shape index (κ1) is 45.2. The van der Waals surface area contributed by atoms with Crippen molar-refractivity contribution < 1.29 is 4.42 Å². The minimum atomic E-state index is 0.849. The molecule has 0 saturated heterocycles. The van der Waals surface area contributed by atoms with Crippen molar-refractivity contribution >= 4 is 77.6 Å². The van der Waals surface area contributed by atoms with Gasteiger partial charge in [0.2, 0.25) is 0 Å². The Hall–Kier alpha value is -10.2. The maximum Gasteiger partial charge on any atom is 0.159 e. The number of benzene rings is 13. The van der Waals surface area contributed by atoms with Gasteiger partial charge in [0.15, 0.2) is 5.58 Å². The van der Waals surface area contributed by atoms with Crippen LogP contribution in [0.25, 0.3) is 110 Å². The minimum absolute atomic E-state index is 0.849. The summed E-state index contributed by atoms with van der Waals surface area (Å²) in [6, 6.07) is 104. The lowest BCUT2D eigenvalue weighted by atomic mass is 9.65. The molecule has 1 aliphatic rings. The zero-order valence-electron chi connectivity index (χ0n) is 42.9. The molecule has 78 heavy (non-hydrogen) atoms. The monoisotopic (exact) mass is 994 g/mol. The zero-order valence-corrected chi connectivity index (χ0v) is 42.9. The first-order valence-electron chi connectivity index (χ1n) is 26.8. The fourth-order valence-corrected chi connectivity index (χ4v) is 12.5. The van der Waals surface area contributed by atoms with Gasteiger partial charge >= 0.3 is 0 Å². The van der Waals surface area contributed by atoms with Gasteiger partial charge in [-0.1, -0.05) is 218 Å². The van der Waals surface area contributed by atoms with Crippen molar-refractivity contribution in [3.8, 4) is 66.8 Å². The van der Waals surface area contributed by atoms with Gasteiger partial charge < -0.3 is 14.2 Å². The zero-order chi connectivity index (χ0) is 51.7. The molecule has 14 aromatic rings. The second-order valence-electron chi connectivity index (χ2n) is 20.3. The van der Waals surface area contributed by atoms with Gasteiger partial charge in [0.25, 0.3) is 0 Å². The van der Waals surface area contributed by atoms with Gasteiger partial charge in [0.05, 0.1) is 5.69 Å². The molecule has 1 aliphatic carbocycles. The highest BCUT2D eigenvalue weighted by atomic mass is 16.3. The van der Waals surface area contributed by atoms with Gasteiger partial charge in [-0.2, -0.15) is 0 Å². The molecule has 3 nitrogen and oxygen atoms in total. The molecule has 3 heteroatoms. The molecule has 366 valence electrons. The average Bonchev–Trinajstić information content (AvgIpc) is 2.04. The summed E-state index contributed by atoms with van der Waals surface area (Å²) in [4.78, 5) is 4.79. The lowest BCUT2D eigenvalue weighted by Gasteiger charge is -2.38. The second kappa shape index (κ2) is 18.6. The third-order valence-corrected chi connectivity index (χ3v) is 15.9. The summed E-state index contributed by atoms with van der Waals surface area (Å²) in [5, 5.41) is 6.95. The van der Waals surface area contributed by atoms with Gasteiger partial charge in [-0.25, -0.2) is 0 Å². The van der Waals surface area contributed by atoms with Crippen molar-refractivity contribution in [2.24, 2.45) is 0 Å². The quantitative estimate of drug-likeness (QED) is 0.136. The van der Waals surface area contributed by atoms with E-state index in [0.29, 0.717) is 0 Å². The predicted octanol–water partition coefficient (Wildman–Crippen LogP) is 21.5. The highest BCUT2D eigenvalue weighted by molar-refractivity contribution is 6.33. The SMILES string of the molecule is Cc1ccccc1N(c1ccccc1)c1ccc2c(-c3ccccc3)c3c(c(-c4ccccc4)c2c1)-c1c-3c(-c2ccccc2)c2ccc(N(c3ccccc3)c3cccc4c3oc3ccccc34)cc2c1-c1ccccc1. The first-order valence-corrected chi connectivity index (χ1v) is 26.8. The van der Waals surface area contributed by atoms with Crippen molar-refractivity contribution in [1.29, 1.82) is 0 Å². The molecule has 0 amide bonds. The number of hydrogen-bond acceptors (Lipinski definition) is 3. The summed E-state index contributed by atoms with van der Waals surface area (Å²) in [5.74, 6) is 0. The Morgan fingerprint density at radius 3 is 1.06 bits per heavy atom. The Labute approximate surface area is 453 Å². The van der Waals surface area contributed by atoms with E-state index in [1.165, 1.54) is 88.3 Å². The van der Waals surface area contributed by atoms with Crippen molar-refractivity contribution in [2.75, 3.05) is 9.80 Å². The van der Waals surface area contributed by atoms with E-state index in [1.54, 1.807) is 0 Å². The molecule has 1 aromatic heterocycles. The number of furan rings is 1. The Morgan fingerprint density at radius 1 is 0.244 bits per heavy atom. The summed E-state index contributed by atoms with van der Waals surface area (Å²) in [7, 11) is 0. The third kappa shape index (κ3) is 7.20. The predicted molar refractivity (Wildman–Crippen MR) is 329 cm³/mol. The fourth-order valence-electron chi connectivity index (χ4n) is 12.5. The third-order valence-electron chi connectivity index (χ3n) is 15.9. The van der Waals surface area contributed by atoms with Crippen LogP contribution in [-0.4, -0.2) is 0 Å². The van der Waals surface area contributed by atoms with Crippen molar-refractivity contribution in [3.05, 3.63) is 291 Å². The van der Waals surface area contributed by atoms with E-state index in [1.807, 2.05) is 6.07 Å². The average molecular weight is 995 g/mol. The molecule has 13 aromatic carbocycles. The van der Waals surface area contributed by atoms with E-state index in [4.69, 9.17) is 4.42 Å². The highest BCUT2D eigenvalue weighted by Crippen LogP contribution is 2.66. The number of anilines is 6. The van der Waals surface area contributed by atoms with E-state index >= 15 is 0 Å². The Balaban J connectivity index is 1.09. The highest BCUT2D eigenvalue weighted by Gasteiger charge is 2.39. The van der Waals surface area contributed by atoms with Crippen LogP contribution in [0.4, 0.5) is 34.1 Å². The molecule has 0 N–H and O–H groups in total.